The van der Waals surface area contributed by atoms with Crippen LogP contribution in [-0.4, -0.2) is 30.3 Å². The van der Waals surface area contributed by atoms with Crippen LogP contribution < -0.4 is 15.0 Å². The molecule has 0 saturated carbocycles. The number of carbonyl (C=O) groups excluding carboxylic acids is 4. The van der Waals surface area contributed by atoms with E-state index in [1.54, 1.807) is 42.5 Å². The molecule has 0 aromatic heterocycles. The van der Waals surface area contributed by atoms with E-state index >= 15 is 0 Å². The second kappa shape index (κ2) is 11.4. The Bertz CT molecular complexity index is 1940. The number of rotatable bonds is 7. The molecule has 3 amide bonds. The van der Waals surface area contributed by atoms with Gasteiger partial charge in [0.15, 0.2) is 6.61 Å². The summed E-state index contributed by atoms with van der Waals surface area (Å²) in [6.07, 6.45) is 0. The monoisotopic (exact) mass is 620 g/mol. The van der Waals surface area contributed by atoms with Crippen LogP contribution in [0.15, 0.2) is 127 Å². The number of benzene rings is 5. The van der Waals surface area contributed by atoms with Crippen LogP contribution in [0.4, 0.5) is 11.4 Å². The quantitative estimate of drug-likeness (QED) is 0.161. The molecule has 0 unspecified atom stereocenters. The van der Waals surface area contributed by atoms with Crippen LogP contribution in [0.1, 0.15) is 44.4 Å². The van der Waals surface area contributed by atoms with Crippen molar-refractivity contribution in [3.05, 3.63) is 155 Å². The van der Waals surface area contributed by atoms with Crippen molar-refractivity contribution < 1.29 is 28.7 Å². The minimum Gasteiger partial charge on any atom is -0.457 e. The zero-order valence-corrected chi connectivity index (χ0v) is 25.0. The minimum atomic E-state index is -0.813. The fourth-order valence-corrected chi connectivity index (χ4v) is 7.39. The van der Waals surface area contributed by atoms with Crippen molar-refractivity contribution in [1.82, 2.24) is 0 Å². The van der Waals surface area contributed by atoms with Crippen molar-refractivity contribution in [2.24, 2.45) is 11.8 Å². The molecule has 0 radical (unpaired) electrons. The van der Waals surface area contributed by atoms with E-state index in [-0.39, 0.29) is 34.9 Å². The van der Waals surface area contributed by atoms with Crippen LogP contribution in [0.2, 0.25) is 0 Å². The van der Waals surface area contributed by atoms with Crippen molar-refractivity contribution in [2.45, 2.75) is 11.8 Å². The zero-order valence-electron chi connectivity index (χ0n) is 25.0. The number of carbonyl (C=O) groups is 4. The van der Waals surface area contributed by atoms with E-state index < -0.39 is 30.3 Å². The van der Waals surface area contributed by atoms with Gasteiger partial charge in [-0.05, 0) is 70.8 Å². The van der Waals surface area contributed by atoms with E-state index in [1.807, 2.05) is 78.9 Å². The molecule has 2 bridgehead atoms. The number of imide groups is 1. The van der Waals surface area contributed by atoms with Crippen LogP contribution in [0.25, 0.3) is 0 Å². The summed E-state index contributed by atoms with van der Waals surface area (Å²) in [5.74, 6) is -2.44. The summed E-state index contributed by atoms with van der Waals surface area (Å²) < 4.78 is 11.2. The topological polar surface area (TPSA) is 102 Å². The third kappa shape index (κ3) is 4.77. The maximum atomic E-state index is 14.2. The highest BCUT2D eigenvalue weighted by Gasteiger charge is 2.62. The molecular weight excluding hydrogens is 592 g/mol. The Morgan fingerprint density at radius 2 is 1.09 bits per heavy atom. The lowest BCUT2D eigenvalue weighted by Gasteiger charge is -2.45. The van der Waals surface area contributed by atoms with Crippen molar-refractivity contribution in [3.8, 4) is 11.5 Å². The molecule has 230 valence electrons. The summed E-state index contributed by atoms with van der Waals surface area (Å²) >= 11 is 0. The number of esters is 1. The molecule has 8 nitrogen and oxygen atoms in total. The van der Waals surface area contributed by atoms with E-state index in [2.05, 4.69) is 5.32 Å². The Hall–Kier alpha value is -6.02. The summed E-state index contributed by atoms with van der Waals surface area (Å²) in [7, 11) is 0. The van der Waals surface area contributed by atoms with Crippen LogP contribution in [0, 0.1) is 11.8 Å². The SMILES string of the molecule is O=C(COC(=O)c1ccccc1N1C(=O)[C@@H]2C3c4ccccc4C(c4ccccc43)[C@@H]2C1=O)Nc1ccc(Oc2ccccc2)cc1. The molecule has 4 aliphatic rings. The normalized spacial score (nSPS) is 20.2. The van der Waals surface area contributed by atoms with E-state index in [1.165, 1.54) is 6.07 Å². The minimum absolute atomic E-state index is 0.0328. The molecule has 2 atom stereocenters. The van der Waals surface area contributed by atoms with E-state index in [4.69, 9.17) is 9.47 Å². The number of para-hydroxylation sites is 2. The largest absolute Gasteiger partial charge is 0.457 e. The molecule has 1 N–H and O–H groups in total. The van der Waals surface area contributed by atoms with Crippen molar-refractivity contribution >= 4 is 35.1 Å². The maximum Gasteiger partial charge on any atom is 0.340 e. The number of anilines is 2. The Morgan fingerprint density at radius 3 is 1.66 bits per heavy atom. The number of hydrogen-bond donors (Lipinski definition) is 1. The first-order valence-electron chi connectivity index (χ1n) is 15.4. The molecule has 1 heterocycles. The predicted molar refractivity (Wildman–Crippen MR) is 174 cm³/mol. The summed E-state index contributed by atoms with van der Waals surface area (Å²) in [5.41, 5.74) is 4.96. The maximum absolute atomic E-state index is 14.2. The highest BCUT2D eigenvalue weighted by molar-refractivity contribution is 6.25. The molecule has 47 heavy (non-hydrogen) atoms. The molecule has 5 aromatic carbocycles. The van der Waals surface area contributed by atoms with Crippen molar-refractivity contribution in [1.29, 1.82) is 0 Å². The summed E-state index contributed by atoms with van der Waals surface area (Å²) in [4.78, 5) is 55.6. The van der Waals surface area contributed by atoms with Crippen LogP contribution in [0.5, 0.6) is 11.5 Å². The second-order valence-electron chi connectivity index (χ2n) is 11.9. The zero-order chi connectivity index (χ0) is 32.1. The molecule has 9 rings (SSSR count). The van der Waals surface area contributed by atoms with Gasteiger partial charge in [-0.25, -0.2) is 9.69 Å². The smallest absolute Gasteiger partial charge is 0.340 e. The number of ether oxygens (including phenoxy) is 2. The Balaban J connectivity index is 0.990. The highest BCUT2D eigenvalue weighted by Crippen LogP contribution is 2.61. The van der Waals surface area contributed by atoms with Crippen molar-refractivity contribution in [2.75, 3.05) is 16.8 Å². The van der Waals surface area contributed by atoms with Gasteiger partial charge in [0.25, 0.3) is 5.91 Å². The van der Waals surface area contributed by atoms with E-state index in [9.17, 15) is 19.2 Å². The predicted octanol–water partition coefficient (Wildman–Crippen LogP) is 6.67. The molecule has 8 heteroatoms. The van der Waals surface area contributed by atoms with Gasteiger partial charge in [0.1, 0.15) is 11.5 Å². The Kier molecular flexibility index (Phi) is 6.90. The van der Waals surface area contributed by atoms with Crippen molar-refractivity contribution in [3.63, 3.8) is 0 Å². The van der Waals surface area contributed by atoms with Gasteiger partial charge in [0.2, 0.25) is 11.8 Å². The first-order chi connectivity index (χ1) is 23.0. The molecule has 1 fully saturated rings. The first-order valence-corrected chi connectivity index (χ1v) is 15.4. The van der Waals surface area contributed by atoms with Gasteiger partial charge in [0.05, 0.1) is 23.1 Å². The van der Waals surface area contributed by atoms with Crippen LogP contribution in [0.3, 0.4) is 0 Å². The third-order valence-electron chi connectivity index (χ3n) is 9.26. The third-order valence-corrected chi connectivity index (χ3v) is 9.26. The lowest BCUT2D eigenvalue weighted by atomic mass is 9.55. The molecule has 1 aliphatic heterocycles. The van der Waals surface area contributed by atoms with Gasteiger partial charge in [-0.1, -0.05) is 78.9 Å². The van der Waals surface area contributed by atoms with E-state index in [0.717, 1.165) is 27.2 Å². The second-order valence-corrected chi connectivity index (χ2v) is 11.9. The van der Waals surface area contributed by atoms with E-state index in [0.29, 0.717) is 17.2 Å². The van der Waals surface area contributed by atoms with Gasteiger partial charge in [-0.15, -0.1) is 0 Å². The summed E-state index contributed by atoms with van der Waals surface area (Å²) in [6.45, 7) is -0.558. The standard InChI is InChI=1S/C39H28N2O6/c42-32(40-23-18-20-25(21-19-23)47-24-10-2-1-3-11-24)22-46-39(45)30-16-8-9-17-31(30)41-37(43)35-33-26-12-4-5-13-27(26)34(36(35)38(41)44)29-15-7-6-14-28(29)33/h1-21,33-36H,22H2,(H,40,42)/t33?,34?,35-,36+. The number of nitrogens with zero attached hydrogens (tertiary/aromatic N) is 1. The molecule has 5 aromatic rings. The average Bonchev–Trinajstić information content (AvgIpc) is 3.38. The first kappa shape index (κ1) is 28.5. The Labute approximate surface area is 270 Å². The van der Waals surface area contributed by atoms with Gasteiger partial charge in [-0.2, -0.15) is 0 Å². The molecule has 1 saturated heterocycles. The fourth-order valence-electron chi connectivity index (χ4n) is 7.39. The fraction of sp³-hybridized carbons (Fsp3) is 0.128. The van der Waals surface area contributed by atoms with Crippen LogP contribution in [-0.2, 0) is 19.1 Å². The number of hydrogen-bond acceptors (Lipinski definition) is 6. The van der Waals surface area contributed by atoms with Gasteiger partial charge >= 0.3 is 5.97 Å². The highest BCUT2D eigenvalue weighted by atomic mass is 16.5. The van der Waals surface area contributed by atoms with Crippen LogP contribution >= 0.6 is 0 Å². The average molecular weight is 621 g/mol. The number of nitrogens with one attached hydrogen (secondary N) is 1. The summed E-state index contributed by atoms with van der Waals surface area (Å²) in [5, 5.41) is 2.70. The molecule has 0 spiro atoms. The molecular formula is C39H28N2O6. The lowest BCUT2D eigenvalue weighted by molar-refractivity contribution is -0.122. The van der Waals surface area contributed by atoms with Gasteiger partial charge in [-0.3, -0.25) is 14.4 Å². The van der Waals surface area contributed by atoms with Gasteiger partial charge < -0.3 is 14.8 Å². The van der Waals surface area contributed by atoms with Gasteiger partial charge in [0, 0.05) is 17.5 Å². The molecule has 3 aliphatic carbocycles. The lowest BCUT2D eigenvalue weighted by Crippen LogP contribution is -2.41. The Morgan fingerprint density at radius 1 is 0.596 bits per heavy atom. The number of amides is 3. The summed E-state index contributed by atoms with van der Waals surface area (Å²) in [6, 6.07) is 38.5.